The zero-order valence-electron chi connectivity index (χ0n) is 31.4. The number of benzene rings is 2. The molecule has 0 aliphatic carbocycles. The molecule has 2 aromatic carbocycles. The third-order valence-electron chi connectivity index (χ3n) is 9.42. The second-order valence-corrected chi connectivity index (χ2v) is 14.6. The first-order valence-electron chi connectivity index (χ1n) is 17.9. The van der Waals surface area contributed by atoms with Crippen molar-refractivity contribution < 1.29 is 39.0 Å². The molecule has 5 rings (SSSR count). The van der Waals surface area contributed by atoms with E-state index in [-0.39, 0.29) is 48.9 Å². The number of nitrogens with zero attached hydrogens (tertiary/aromatic N) is 2. The van der Waals surface area contributed by atoms with E-state index >= 15 is 0 Å². The second-order valence-electron chi connectivity index (χ2n) is 14.6. The predicted octanol–water partition coefficient (Wildman–Crippen LogP) is 11.4. The van der Waals surface area contributed by atoms with Crippen LogP contribution in [0.25, 0.3) is 44.3 Å². The van der Waals surface area contributed by atoms with Crippen LogP contribution in [0.4, 0.5) is 0 Å². The molecule has 0 aliphatic rings. The molecule has 0 atom stereocenters. The Labute approximate surface area is 313 Å². The van der Waals surface area contributed by atoms with Crippen LogP contribution in [-0.2, 0) is 36.7 Å². The topological polar surface area (TPSA) is 67.2 Å². The van der Waals surface area contributed by atoms with Gasteiger partial charge in [0.25, 0.3) is 0 Å². The average molecular weight is 852 g/mol. The average Bonchev–Trinajstić information content (AvgIpc) is 3.46. The first-order valence-corrected chi connectivity index (χ1v) is 17.9. The maximum Gasteiger partial charge on any atom is 0.162 e. The molecular weight excluding hydrogens is 797 g/mol. The van der Waals surface area contributed by atoms with Crippen molar-refractivity contribution in [2.75, 3.05) is 0 Å². The summed E-state index contributed by atoms with van der Waals surface area (Å²) in [7, 11) is 4.25. The summed E-state index contributed by atoms with van der Waals surface area (Å²) in [5, 5.41) is 12.1. The third kappa shape index (κ3) is 9.74. The molecule has 0 saturated carbocycles. The number of allylic oxidation sites excluding steroid dienone is 2. The van der Waals surface area contributed by atoms with Crippen LogP contribution in [0.3, 0.4) is 0 Å². The summed E-state index contributed by atoms with van der Waals surface area (Å²) in [5.74, 6) is 1.11. The van der Waals surface area contributed by atoms with Crippen LogP contribution in [0.1, 0.15) is 99.1 Å². The van der Waals surface area contributed by atoms with Gasteiger partial charge in [0.05, 0.1) is 18.2 Å². The number of furan rings is 1. The number of hydrogen-bond donors (Lipinski definition) is 1. The minimum Gasteiger partial charge on any atom is -0.512 e. The van der Waals surface area contributed by atoms with Crippen molar-refractivity contribution in [2.45, 2.75) is 99.8 Å². The van der Waals surface area contributed by atoms with Gasteiger partial charge in [-0.3, -0.25) is 9.78 Å². The fourth-order valence-electron chi connectivity index (χ4n) is 6.42. The number of carbonyl (C=O) groups is 1. The van der Waals surface area contributed by atoms with Gasteiger partial charge in [-0.2, -0.15) is 0 Å². The Morgan fingerprint density at radius 2 is 1.64 bits per heavy atom. The van der Waals surface area contributed by atoms with Crippen LogP contribution in [0.15, 0.2) is 83.4 Å². The van der Waals surface area contributed by atoms with E-state index in [1.807, 2.05) is 50.9 Å². The minimum absolute atomic E-state index is 0. The van der Waals surface area contributed by atoms with Crippen molar-refractivity contribution >= 4 is 27.7 Å². The van der Waals surface area contributed by atoms with E-state index in [1.54, 1.807) is 0 Å². The smallest absolute Gasteiger partial charge is 0.162 e. The van der Waals surface area contributed by atoms with E-state index in [0.717, 1.165) is 71.0 Å². The normalized spacial score (nSPS) is 12.0. The van der Waals surface area contributed by atoms with Gasteiger partial charge in [0.2, 0.25) is 0 Å². The second kappa shape index (κ2) is 18.0. The van der Waals surface area contributed by atoms with Crippen LogP contribution in [0.2, 0.25) is 0 Å². The Morgan fingerprint density at radius 3 is 2.26 bits per heavy atom. The summed E-state index contributed by atoms with van der Waals surface area (Å²) in [4.78, 5) is 16.5. The number of fused-ring (bicyclic) bond motifs is 2. The molecule has 0 fully saturated rings. The number of carbonyl (C=O) groups excluding carboxylic acids is 1. The maximum atomic E-state index is 11.7. The van der Waals surface area contributed by atoms with Crippen molar-refractivity contribution in [3.05, 3.63) is 103 Å². The number of rotatable bonds is 11. The molecule has 5 nitrogen and oxygen atoms in total. The Bertz CT molecular complexity index is 1910. The van der Waals surface area contributed by atoms with E-state index in [1.165, 1.54) is 22.6 Å². The van der Waals surface area contributed by atoms with Gasteiger partial charge in [-0.1, -0.05) is 91.5 Å². The van der Waals surface area contributed by atoms with E-state index in [2.05, 4.69) is 96.3 Å². The molecule has 0 unspecified atom stereocenters. The standard InChI is InChI=1S/C31H31N2O.C13H24O2.Ir/c1-20(2)13-25-19-34-29-17-24(18-32-30(25)29)21-11-12-33(6)28(16-21)23-14-22-9-7-8-10-26(22)27(15-23)31(3,4)5;1-5-10(6-2)12(14)9-13(15)11(7-3)8-4;/h7-12,15-20H,6,13H2,1-5H3;9-11,14H,5-8H2,1-4H3;/q-1;;/b;12-9-;. The van der Waals surface area contributed by atoms with E-state index in [9.17, 15) is 9.90 Å². The third-order valence-corrected chi connectivity index (χ3v) is 9.42. The van der Waals surface area contributed by atoms with Gasteiger partial charge >= 0.3 is 0 Å². The summed E-state index contributed by atoms with van der Waals surface area (Å²) in [6, 6.07) is 20.7. The molecule has 3 aromatic heterocycles. The zero-order valence-corrected chi connectivity index (χ0v) is 33.8. The number of aliphatic hydroxyl groups is 1. The Morgan fingerprint density at radius 1 is 0.980 bits per heavy atom. The van der Waals surface area contributed by atoms with Gasteiger partial charge in [-0.05, 0) is 67.2 Å². The van der Waals surface area contributed by atoms with Gasteiger partial charge in [0, 0.05) is 62.4 Å². The SMILES string of the molecule is CCC(CC)C(=O)/C=C(\O)C(CC)CC.[CH2-][n+]1ccc(-c2cnc3c(CC(C)C)coc3c2)cc1-c1[c-]c2ccccc2c(C(C)(C)C)c1.[Ir]. The van der Waals surface area contributed by atoms with Crippen molar-refractivity contribution in [2.24, 2.45) is 17.8 Å². The van der Waals surface area contributed by atoms with E-state index in [0.29, 0.717) is 5.92 Å². The Kier molecular flexibility index (Phi) is 14.6. The van der Waals surface area contributed by atoms with Gasteiger partial charge in [-0.25, -0.2) is 0 Å². The monoisotopic (exact) mass is 852 g/mol. The number of hydrogen-bond acceptors (Lipinski definition) is 4. The van der Waals surface area contributed by atoms with Crippen LogP contribution in [-0.4, -0.2) is 15.9 Å². The summed E-state index contributed by atoms with van der Waals surface area (Å²) in [5.41, 5.74) is 8.41. The summed E-state index contributed by atoms with van der Waals surface area (Å²) in [6.45, 7) is 19.3. The molecule has 0 amide bonds. The Hall–Kier alpha value is -3.73. The molecule has 50 heavy (non-hydrogen) atoms. The first-order chi connectivity index (χ1) is 23.3. The van der Waals surface area contributed by atoms with Crippen molar-refractivity contribution in [3.63, 3.8) is 0 Å². The van der Waals surface area contributed by atoms with E-state index < -0.39 is 0 Å². The van der Waals surface area contributed by atoms with Crippen molar-refractivity contribution in [1.29, 1.82) is 0 Å². The quantitative estimate of drug-likeness (QED) is 0.0622. The Balaban J connectivity index is 0.000000361. The number of ketones is 1. The van der Waals surface area contributed by atoms with Gasteiger partial charge < -0.3 is 14.1 Å². The van der Waals surface area contributed by atoms with Crippen LogP contribution < -0.4 is 4.57 Å². The molecular formula is C44H55IrN2O3-. The molecule has 0 saturated heterocycles. The van der Waals surface area contributed by atoms with E-state index in [4.69, 9.17) is 9.40 Å². The number of aliphatic hydroxyl groups excluding tert-OH is 1. The zero-order chi connectivity index (χ0) is 35.9. The van der Waals surface area contributed by atoms with Crippen LogP contribution in [0, 0.1) is 30.9 Å². The fraction of sp³-hybridized carbons (Fsp3) is 0.409. The van der Waals surface area contributed by atoms with Crippen molar-refractivity contribution in [3.8, 4) is 22.4 Å². The predicted molar refractivity (Wildman–Crippen MR) is 203 cm³/mol. The molecule has 0 aliphatic heterocycles. The van der Waals surface area contributed by atoms with Gasteiger partial charge in [0.15, 0.2) is 11.4 Å². The maximum absolute atomic E-state index is 11.7. The van der Waals surface area contributed by atoms with Crippen LogP contribution >= 0.6 is 0 Å². The molecule has 1 N–H and O–H groups in total. The van der Waals surface area contributed by atoms with Gasteiger partial charge in [-0.15, -0.1) is 29.1 Å². The fourth-order valence-corrected chi connectivity index (χ4v) is 6.42. The van der Waals surface area contributed by atoms with Crippen molar-refractivity contribution in [1.82, 2.24) is 4.98 Å². The minimum atomic E-state index is 0. The first kappa shape index (κ1) is 40.7. The molecule has 3 heterocycles. The molecule has 1 radical (unpaired) electrons. The van der Waals surface area contributed by atoms with Gasteiger partial charge in [0.1, 0.15) is 11.2 Å². The number of aromatic nitrogens is 2. The molecule has 269 valence electrons. The summed E-state index contributed by atoms with van der Waals surface area (Å²) < 4.78 is 7.78. The summed E-state index contributed by atoms with van der Waals surface area (Å²) >= 11 is 0. The largest absolute Gasteiger partial charge is 0.512 e. The summed E-state index contributed by atoms with van der Waals surface area (Å²) in [6.07, 6.45) is 11.7. The molecule has 0 bridgehead atoms. The molecule has 0 spiro atoms. The molecule has 6 heteroatoms. The number of pyridine rings is 2. The molecule has 5 aromatic rings. The van der Waals surface area contributed by atoms with Crippen LogP contribution in [0.5, 0.6) is 0 Å².